The molecule has 0 aliphatic heterocycles. The summed E-state index contributed by atoms with van der Waals surface area (Å²) >= 11 is 3.55. The second-order valence-electron chi connectivity index (χ2n) is 1.26. The highest BCUT2D eigenvalue weighted by molar-refractivity contribution is 6.22. The molecule has 11 heavy (non-hydrogen) atoms. The van der Waals surface area contributed by atoms with Gasteiger partial charge >= 0.3 is 11.6 Å². The summed E-state index contributed by atoms with van der Waals surface area (Å²) < 4.78 is 64.1. The zero-order valence-electron chi connectivity index (χ0n) is 5.35. The average molecular weight is 203 g/mol. The van der Waals surface area contributed by atoms with E-state index >= 15 is 0 Å². The first-order valence-corrected chi connectivity index (χ1v) is 2.74. The van der Waals surface area contributed by atoms with Crippen LogP contribution in [-0.4, -0.2) is 18.2 Å². The highest BCUT2D eigenvalue weighted by Gasteiger charge is 2.56. The van der Waals surface area contributed by atoms with Gasteiger partial charge < -0.3 is 0 Å². The van der Waals surface area contributed by atoms with E-state index < -0.39 is 11.6 Å². The molecule has 0 saturated carbocycles. The molecular formula is C4H5ClF6. The second kappa shape index (κ2) is 4.69. The van der Waals surface area contributed by atoms with Crippen molar-refractivity contribution in [2.45, 2.75) is 18.5 Å². The fraction of sp³-hybridized carbons (Fsp3) is 1.00. The first-order chi connectivity index (χ1) is 4.66. The summed E-state index contributed by atoms with van der Waals surface area (Å²) in [5.74, 6) is 0. The Bertz CT molecular complexity index is 79.7. The molecule has 0 N–H and O–H groups in total. The van der Waals surface area contributed by atoms with Crippen LogP contribution in [0.5, 0.6) is 0 Å². The fourth-order valence-corrected chi connectivity index (χ4v) is 0. The van der Waals surface area contributed by atoms with E-state index in [1.165, 1.54) is 6.92 Å². The van der Waals surface area contributed by atoms with E-state index in [-0.39, 0.29) is 6.67 Å². The molecule has 0 bridgehead atoms. The van der Waals surface area contributed by atoms with Gasteiger partial charge in [0.05, 0.1) is 6.67 Å². The topological polar surface area (TPSA) is 0 Å². The SMILES string of the molecule is CCF.FC(F)(F)C(F)(F)Cl. The molecule has 0 rings (SSSR count). The molecule has 0 aromatic heterocycles. The largest absolute Gasteiger partial charge is 0.469 e. The van der Waals surface area contributed by atoms with Gasteiger partial charge in [-0.15, -0.1) is 0 Å². The van der Waals surface area contributed by atoms with E-state index in [1.54, 1.807) is 0 Å². The summed E-state index contributed by atoms with van der Waals surface area (Å²) in [7, 11) is 0. The minimum atomic E-state index is -5.63. The van der Waals surface area contributed by atoms with Crippen molar-refractivity contribution in [3.8, 4) is 0 Å². The van der Waals surface area contributed by atoms with E-state index in [2.05, 4.69) is 11.6 Å². The van der Waals surface area contributed by atoms with E-state index in [4.69, 9.17) is 0 Å². The molecule has 0 fully saturated rings. The van der Waals surface area contributed by atoms with Crippen LogP contribution in [-0.2, 0) is 0 Å². The van der Waals surface area contributed by atoms with Crippen molar-refractivity contribution in [1.82, 2.24) is 0 Å². The monoisotopic (exact) mass is 202 g/mol. The van der Waals surface area contributed by atoms with Crippen molar-refractivity contribution in [2.24, 2.45) is 0 Å². The normalized spacial score (nSPS) is 12.0. The minimum absolute atomic E-state index is 0.250. The molecule has 0 nitrogen and oxygen atoms in total. The van der Waals surface area contributed by atoms with Gasteiger partial charge in [0.1, 0.15) is 0 Å². The Morgan fingerprint density at radius 2 is 1.18 bits per heavy atom. The van der Waals surface area contributed by atoms with Crippen LogP contribution < -0.4 is 0 Å². The Kier molecular flexibility index (Phi) is 5.74. The van der Waals surface area contributed by atoms with Crippen molar-refractivity contribution in [1.29, 1.82) is 0 Å². The Morgan fingerprint density at radius 3 is 1.18 bits per heavy atom. The highest BCUT2D eigenvalue weighted by Crippen LogP contribution is 2.38. The lowest BCUT2D eigenvalue weighted by Gasteiger charge is -2.10. The number of rotatable bonds is 0. The van der Waals surface area contributed by atoms with Crippen LogP contribution in [0.15, 0.2) is 0 Å². The summed E-state index contributed by atoms with van der Waals surface area (Å²) in [4.78, 5) is 0. The molecule has 0 unspecified atom stereocenters. The summed E-state index contributed by atoms with van der Waals surface area (Å²) in [6, 6.07) is 0. The van der Waals surface area contributed by atoms with Crippen LogP contribution >= 0.6 is 11.6 Å². The van der Waals surface area contributed by atoms with Gasteiger partial charge in [0.15, 0.2) is 0 Å². The first kappa shape index (κ1) is 13.5. The predicted molar refractivity (Wildman–Crippen MR) is 28.5 cm³/mol. The highest BCUT2D eigenvalue weighted by atomic mass is 35.5. The van der Waals surface area contributed by atoms with Gasteiger partial charge in [-0.05, 0) is 18.5 Å². The Labute approximate surface area is 64.1 Å². The average Bonchev–Trinajstić information content (AvgIpc) is 1.60. The molecule has 0 aliphatic carbocycles. The van der Waals surface area contributed by atoms with Crippen LogP contribution in [0.25, 0.3) is 0 Å². The van der Waals surface area contributed by atoms with Gasteiger partial charge in [0.25, 0.3) is 0 Å². The van der Waals surface area contributed by atoms with Crippen LogP contribution in [0, 0.1) is 0 Å². The quantitative estimate of drug-likeness (QED) is 0.417. The Hall–Kier alpha value is -0.130. The number of hydrogen-bond donors (Lipinski definition) is 0. The Balaban J connectivity index is 0. The molecule has 70 valence electrons. The molecular weight excluding hydrogens is 197 g/mol. The van der Waals surface area contributed by atoms with E-state index in [0.717, 1.165) is 0 Å². The molecule has 0 atom stereocenters. The first-order valence-electron chi connectivity index (χ1n) is 2.36. The third-order valence-corrected chi connectivity index (χ3v) is 0.536. The van der Waals surface area contributed by atoms with Crippen LogP contribution in [0.4, 0.5) is 26.3 Å². The maximum absolute atomic E-state index is 10.9. The standard InChI is InChI=1S/C2ClF5.C2H5F/c3-1(4,5)2(6,7)8;1-2-3/h;2H2,1H3. The van der Waals surface area contributed by atoms with Crippen LogP contribution in [0.3, 0.4) is 0 Å². The van der Waals surface area contributed by atoms with Gasteiger partial charge in [-0.25, -0.2) is 0 Å². The molecule has 0 aromatic carbocycles. The van der Waals surface area contributed by atoms with Crippen LogP contribution in [0.2, 0.25) is 0 Å². The lowest BCUT2D eigenvalue weighted by atomic mass is 10.7. The van der Waals surface area contributed by atoms with Crippen molar-refractivity contribution in [3.63, 3.8) is 0 Å². The molecule has 0 saturated heterocycles. The van der Waals surface area contributed by atoms with E-state index in [0.29, 0.717) is 0 Å². The summed E-state index contributed by atoms with van der Waals surface area (Å²) in [6.07, 6.45) is -5.63. The molecule has 0 radical (unpaired) electrons. The molecule has 0 aromatic rings. The molecule has 0 amide bonds. The third kappa shape index (κ3) is 7.77. The van der Waals surface area contributed by atoms with Crippen molar-refractivity contribution >= 4 is 11.6 Å². The van der Waals surface area contributed by atoms with Crippen LogP contribution in [0.1, 0.15) is 6.92 Å². The summed E-state index contributed by atoms with van der Waals surface area (Å²) in [5.41, 5.74) is 0. The Morgan fingerprint density at radius 1 is 1.09 bits per heavy atom. The summed E-state index contributed by atoms with van der Waals surface area (Å²) in [5, 5.41) is -5.09. The zero-order chi connectivity index (χ0) is 9.71. The van der Waals surface area contributed by atoms with Gasteiger partial charge in [0.2, 0.25) is 0 Å². The molecule has 0 aliphatic rings. The maximum Gasteiger partial charge on any atom is 0.469 e. The smallest absolute Gasteiger partial charge is 0.251 e. The lowest BCUT2D eigenvalue weighted by molar-refractivity contribution is -0.241. The third-order valence-electron chi connectivity index (χ3n) is 0.321. The maximum atomic E-state index is 10.9. The number of hydrogen-bond acceptors (Lipinski definition) is 0. The fourth-order valence-electron chi connectivity index (χ4n) is 0. The van der Waals surface area contributed by atoms with Crippen molar-refractivity contribution in [2.75, 3.05) is 6.67 Å². The predicted octanol–water partition coefficient (Wildman–Crippen LogP) is 3.36. The lowest BCUT2D eigenvalue weighted by Crippen LogP contribution is -2.29. The number of halogens is 7. The molecule has 0 heterocycles. The van der Waals surface area contributed by atoms with Gasteiger partial charge in [-0.3, -0.25) is 4.39 Å². The van der Waals surface area contributed by atoms with Gasteiger partial charge in [-0.1, -0.05) is 0 Å². The van der Waals surface area contributed by atoms with E-state index in [9.17, 15) is 26.3 Å². The van der Waals surface area contributed by atoms with Crippen molar-refractivity contribution < 1.29 is 26.3 Å². The summed E-state index contributed by atoms with van der Waals surface area (Å²) in [6.45, 7) is 1.21. The van der Waals surface area contributed by atoms with Gasteiger partial charge in [0, 0.05) is 0 Å². The van der Waals surface area contributed by atoms with E-state index in [1.807, 2.05) is 0 Å². The van der Waals surface area contributed by atoms with Gasteiger partial charge in [-0.2, -0.15) is 22.0 Å². The number of alkyl halides is 7. The molecule has 0 spiro atoms. The van der Waals surface area contributed by atoms with Crippen molar-refractivity contribution in [3.05, 3.63) is 0 Å². The zero-order valence-corrected chi connectivity index (χ0v) is 6.11. The minimum Gasteiger partial charge on any atom is -0.251 e. The molecule has 7 heteroatoms. The second-order valence-corrected chi connectivity index (χ2v) is 1.74.